The van der Waals surface area contributed by atoms with Crippen LogP contribution in [-0.4, -0.2) is 33.5 Å². The van der Waals surface area contributed by atoms with Crippen LogP contribution in [0.4, 0.5) is 0 Å². The van der Waals surface area contributed by atoms with E-state index in [1.165, 1.54) is 25.1 Å². The molecule has 0 unspecified atom stereocenters. The van der Waals surface area contributed by atoms with E-state index in [0.717, 1.165) is 19.3 Å². The Morgan fingerprint density at radius 1 is 1.30 bits per heavy atom. The first kappa shape index (κ1) is 19.6. The lowest BCUT2D eigenvalue weighted by Crippen LogP contribution is -2.41. The van der Waals surface area contributed by atoms with Gasteiger partial charge in [0.25, 0.3) is 0 Å². The summed E-state index contributed by atoms with van der Waals surface area (Å²) in [6, 6.07) is 3.77. The van der Waals surface area contributed by atoms with Crippen LogP contribution in [0.5, 0.6) is 0 Å². The molecule has 6 nitrogen and oxygen atoms in total. The monoisotopic (exact) mass is 387 g/mol. The lowest BCUT2D eigenvalue weighted by molar-refractivity contribution is -0.119. The molecule has 7 heteroatoms. The molecule has 144 valence electrons. The number of aryl methyl sites for hydroxylation is 1. The van der Waals surface area contributed by atoms with Crippen LogP contribution in [0.3, 0.4) is 0 Å². The standard InChI is InChI=1S/C20H25N3O3S/c1-12-7-4-5-8-15(12)22-17(25)11-27-20-18(14(3)24)13(2)21-19(23-20)16-9-6-10-26-16/h6,9-10,12,15H,4-5,7-8,11H2,1-3H3,(H,22,25)/t12-,15-/m1/s1. The third kappa shape index (κ3) is 4.77. The van der Waals surface area contributed by atoms with Crippen molar-refractivity contribution < 1.29 is 14.0 Å². The first-order valence-electron chi connectivity index (χ1n) is 9.31. The maximum atomic E-state index is 12.4. The maximum absolute atomic E-state index is 12.4. The summed E-state index contributed by atoms with van der Waals surface area (Å²) in [5, 5.41) is 3.66. The van der Waals surface area contributed by atoms with E-state index < -0.39 is 0 Å². The van der Waals surface area contributed by atoms with Crippen LogP contribution in [0.15, 0.2) is 27.8 Å². The smallest absolute Gasteiger partial charge is 0.230 e. The summed E-state index contributed by atoms with van der Waals surface area (Å²) in [5.41, 5.74) is 1.06. The second kappa shape index (κ2) is 8.69. The Kier molecular flexibility index (Phi) is 6.31. The predicted octanol–water partition coefficient (Wildman–Crippen LogP) is 4.03. The highest BCUT2D eigenvalue weighted by molar-refractivity contribution is 8.00. The summed E-state index contributed by atoms with van der Waals surface area (Å²) in [7, 11) is 0. The summed E-state index contributed by atoms with van der Waals surface area (Å²) in [4.78, 5) is 33.4. The number of furan rings is 1. The van der Waals surface area contributed by atoms with Gasteiger partial charge in [0.05, 0.1) is 23.3 Å². The second-order valence-electron chi connectivity index (χ2n) is 7.07. The number of hydrogen-bond donors (Lipinski definition) is 1. The molecular weight excluding hydrogens is 362 g/mol. The first-order valence-corrected chi connectivity index (χ1v) is 10.3. The molecule has 1 aliphatic rings. The van der Waals surface area contributed by atoms with Crippen LogP contribution in [0.1, 0.15) is 55.6 Å². The lowest BCUT2D eigenvalue weighted by Gasteiger charge is -2.29. The summed E-state index contributed by atoms with van der Waals surface area (Å²) in [6.07, 6.45) is 6.14. The van der Waals surface area contributed by atoms with Gasteiger partial charge in [-0.05, 0) is 44.7 Å². The maximum Gasteiger partial charge on any atom is 0.230 e. The lowest BCUT2D eigenvalue weighted by atomic mass is 9.86. The van der Waals surface area contributed by atoms with Gasteiger partial charge in [0.2, 0.25) is 5.91 Å². The summed E-state index contributed by atoms with van der Waals surface area (Å²) in [6.45, 7) is 5.46. The van der Waals surface area contributed by atoms with Gasteiger partial charge in [-0.3, -0.25) is 9.59 Å². The van der Waals surface area contributed by atoms with Crippen molar-refractivity contribution in [3.63, 3.8) is 0 Å². The van der Waals surface area contributed by atoms with Gasteiger partial charge in [0.15, 0.2) is 17.4 Å². The van der Waals surface area contributed by atoms with E-state index in [0.29, 0.717) is 33.8 Å². The molecule has 0 saturated heterocycles. The van der Waals surface area contributed by atoms with Crippen LogP contribution >= 0.6 is 11.8 Å². The Morgan fingerprint density at radius 2 is 2.07 bits per heavy atom. The fourth-order valence-electron chi connectivity index (χ4n) is 3.49. The van der Waals surface area contributed by atoms with Gasteiger partial charge in [-0.2, -0.15) is 0 Å². The van der Waals surface area contributed by atoms with Crippen molar-refractivity contribution in [3.8, 4) is 11.6 Å². The van der Waals surface area contributed by atoms with E-state index in [-0.39, 0.29) is 23.5 Å². The Balaban J connectivity index is 1.74. The van der Waals surface area contributed by atoms with Crippen LogP contribution in [0.25, 0.3) is 11.6 Å². The number of ketones is 1. The van der Waals surface area contributed by atoms with Gasteiger partial charge >= 0.3 is 0 Å². The molecular formula is C20H25N3O3S. The van der Waals surface area contributed by atoms with Gasteiger partial charge in [-0.25, -0.2) is 9.97 Å². The number of nitrogens with zero attached hydrogens (tertiary/aromatic N) is 2. The zero-order valence-electron chi connectivity index (χ0n) is 15.9. The number of aromatic nitrogens is 2. The van der Waals surface area contributed by atoms with E-state index in [9.17, 15) is 9.59 Å². The number of carbonyl (C=O) groups is 2. The minimum Gasteiger partial charge on any atom is -0.461 e. The van der Waals surface area contributed by atoms with E-state index in [1.54, 1.807) is 25.3 Å². The van der Waals surface area contributed by atoms with Gasteiger partial charge in [0, 0.05) is 6.04 Å². The number of thioether (sulfide) groups is 1. The molecule has 2 heterocycles. The van der Waals surface area contributed by atoms with Crippen LogP contribution in [-0.2, 0) is 4.79 Å². The highest BCUT2D eigenvalue weighted by Crippen LogP contribution is 2.28. The van der Waals surface area contributed by atoms with Crippen molar-refractivity contribution in [2.24, 2.45) is 5.92 Å². The van der Waals surface area contributed by atoms with Crippen LogP contribution < -0.4 is 5.32 Å². The zero-order chi connectivity index (χ0) is 19.4. The van der Waals surface area contributed by atoms with E-state index in [2.05, 4.69) is 22.2 Å². The zero-order valence-corrected chi connectivity index (χ0v) is 16.8. The third-order valence-corrected chi connectivity index (χ3v) is 5.92. The average molecular weight is 388 g/mol. The van der Waals surface area contributed by atoms with Crippen molar-refractivity contribution in [2.45, 2.75) is 57.5 Å². The van der Waals surface area contributed by atoms with Crippen molar-refractivity contribution in [3.05, 3.63) is 29.7 Å². The average Bonchev–Trinajstić information content (AvgIpc) is 3.16. The summed E-state index contributed by atoms with van der Waals surface area (Å²) >= 11 is 1.27. The second-order valence-corrected chi connectivity index (χ2v) is 8.03. The van der Waals surface area contributed by atoms with Crippen LogP contribution in [0.2, 0.25) is 0 Å². The molecule has 2 atom stereocenters. The van der Waals surface area contributed by atoms with Crippen molar-refractivity contribution >= 4 is 23.5 Å². The minimum absolute atomic E-state index is 0.0240. The van der Waals surface area contributed by atoms with E-state index in [4.69, 9.17) is 4.42 Å². The number of amides is 1. The molecule has 0 radical (unpaired) electrons. The first-order chi connectivity index (χ1) is 13.0. The van der Waals surface area contributed by atoms with E-state index in [1.807, 2.05) is 0 Å². The molecule has 1 saturated carbocycles. The molecule has 0 aliphatic heterocycles. The topological polar surface area (TPSA) is 85.1 Å². The molecule has 0 spiro atoms. The van der Waals surface area contributed by atoms with Crippen molar-refractivity contribution in [1.29, 1.82) is 0 Å². The largest absolute Gasteiger partial charge is 0.461 e. The van der Waals surface area contributed by atoms with Gasteiger partial charge < -0.3 is 9.73 Å². The SMILES string of the molecule is CC(=O)c1c(C)nc(-c2ccco2)nc1SCC(=O)N[C@@H]1CCCC[C@H]1C. The predicted molar refractivity (Wildman–Crippen MR) is 105 cm³/mol. The Bertz CT molecular complexity index is 820. The highest BCUT2D eigenvalue weighted by Gasteiger charge is 2.24. The number of nitrogens with one attached hydrogen (secondary N) is 1. The van der Waals surface area contributed by atoms with Gasteiger partial charge in [-0.1, -0.05) is 31.5 Å². The number of hydrogen-bond acceptors (Lipinski definition) is 6. The summed E-state index contributed by atoms with van der Waals surface area (Å²) < 4.78 is 5.37. The normalized spacial score (nSPS) is 19.7. The highest BCUT2D eigenvalue weighted by atomic mass is 32.2. The molecule has 0 bridgehead atoms. The van der Waals surface area contributed by atoms with Crippen LogP contribution in [0, 0.1) is 12.8 Å². The molecule has 0 aromatic carbocycles. The summed E-state index contributed by atoms with van der Waals surface area (Å²) in [5.74, 6) is 1.55. The van der Waals surface area contributed by atoms with Crippen molar-refractivity contribution in [2.75, 3.05) is 5.75 Å². The number of Topliss-reactive ketones (excluding diaryl/α,β-unsaturated/α-hetero) is 1. The molecule has 2 aromatic rings. The van der Waals surface area contributed by atoms with Gasteiger partial charge in [0.1, 0.15) is 5.03 Å². The minimum atomic E-state index is -0.109. The number of carbonyl (C=O) groups excluding carboxylic acids is 2. The van der Waals surface area contributed by atoms with Crippen molar-refractivity contribution in [1.82, 2.24) is 15.3 Å². The molecule has 1 fully saturated rings. The Hall–Kier alpha value is -2.15. The molecule has 1 N–H and O–H groups in total. The fourth-order valence-corrected chi connectivity index (χ4v) is 4.42. The Morgan fingerprint density at radius 3 is 2.74 bits per heavy atom. The van der Waals surface area contributed by atoms with E-state index >= 15 is 0 Å². The third-order valence-electron chi connectivity index (χ3n) is 4.95. The fraction of sp³-hybridized carbons (Fsp3) is 0.500. The molecule has 1 aliphatic carbocycles. The van der Waals surface area contributed by atoms with Gasteiger partial charge in [-0.15, -0.1) is 0 Å². The quantitative estimate of drug-likeness (QED) is 0.457. The molecule has 2 aromatic heterocycles. The molecule has 27 heavy (non-hydrogen) atoms. The molecule has 3 rings (SSSR count). The Labute approximate surface area is 163 Å². The molecule has 1 amide bonds. The number of rotatable bonds is 6.